The zero-order valence-electron chi connectivity index (χ0n) is 13.9. The van der Waals surface area contributed by atoms with Crippen molar-refractivity contribution in [3.63, 3.8) is 0 Å². The predicted octanol–water partition coefficient (Wildman–Crippen LogP) is 5.16. The Morgan fingerprint density at radius 2 is 1.63 bits per heavy atom. The fraction of sp³-hybridized carbons (Fsp3) is 0. The molecule has 0 aliphatic rings. The summed E-state index contributed by atoms with van der Waals surface area (Å²) in [6.45, 7) is 0. The second-order valence-electron chi connectivity index (χ2n) is 5.48. The summed E-state index contributed by atoms with van der Waals surface area (Å²) in [4.78, 5) is 12.3. The molecule has 0 aliphatic heterocycles. The van der Waals surface area contributed by atoms with Gasteiger partial charge in [-0.3, -0.25) is 4.79 Å². The molecule has 2 N–H and O–H groups in total. The average Bonchev–Trinajstić information content (AvgIpc) is 2.67. The highest BCUT2D eigenvalue weighted by Crippen LogP contribution is 2.26. The number of nitrogens with zero attached hydrogens (tertiary/aromatic N) is 1. The summed E-state index contributed by atoms with van der Waals surface area (Å²) in [5.74, 6) is 1.17. The molecular weight excluding hydrogens is 570 g/mol. The lowest BCUT2D eigenvalue weighted by molar-refractivity contribution is 0.0955. The van der Waals surface area contributed by atoms with Crippen LogP contribution < -0.4 is 10.2 Å². The minimum Gasteiger partial charge on any atom is -0.506 e. The lowest BCUT2D eigenvalue weighted by Gasteiger charge is -2.07. The van der Waals surface area contributed by atoms with Gasteiger partial charge in [0.25, 0.3) is 5.91 Å². The summed E-state index contributed by atoms with van der Waals surface area (Å²) in [6.07, 6.45) is 1.53. The highest BCUT2D eigenvalue weighted by molar-refractivity contribution is 14.1. The molecule has 27 heavy (non-hydrogen) atoms. The Morgan fingerprint density at radius 1 is 0.963 bits per heavy atom. The lowest BCUT2D eigenvalue weighted by Crippen LogP contribution is -2.17. The molecule has 1 amide bonds. The number of carbonyl (C=O) groups is 1. The molecule has 0 fully saturated rings. The number of halogens is 2. The number of hydrazone groups is 1. The van der Waals surface area contributed by atoms with Crippen molar-refractivity contribution in [2.45, 2.75) is 0 Å². The third kappa shape index (κ3) is 5.42. The van der Waals surface area contributed by atoms with Crippen LogP contribution in [0, 0.1) is 7.14 Å². The van der Waals surface area contributed by atoms with Crippen molar-refractivity contribution in [3.8, 4) is 17.2 Å². The van der Waals surface area contributed by atoms with E-state index in [2.05, 4.69) is 10.5 Å². The number of benzene rings is 3. The number of rotatable bonds is 5. The Balaban J connectivity index is 1.67. The first-order valence-corrected chi connectivity index (χ1v) is 10.0. The summed E-state index contributed by atoms with van der Waals surface area (Å²) in [6, 6.07) is 19.8. The molecule has 3 aromatic rings. The van der Waals surface area contributed by atoms with Crippen molar-refractivity contribution < 1.29 is 14.6 Å². The third-order valence-corrected chi connectivity index (χ3v) is 5.14. The molecule has 0 aliphatic carbocycles. The van der Waals surface area contributed by atoms with Crippen LogP contribution in [0.1, 0.15) is 15.9 Å². The number of para-hydroxylation sites is 1. The maximum atomic E-state index is 12.3. The van der Waals surface area contributed by atoms with E-state index in [1.807, 2.05) is 75.5 Å². The number of phenols is 1. The quantitative estimate of drug-likeness (QED) is 0.248. The smallest absolute Gasteiger partial charge is 0.271 e. The van der Waals surface area contributed by atoms with E-state index in [9.17, 15) is 9.90 Å². The van der Waals surface area contributed by atoms with E-state index in [0.717, 1.165) is 12.7 Å². The highest BCUT2D eigenvalue weighted by atomic mass is 127. The van der Waals surface area contributed by atoms with Gasteiger partial charge in [-0.15, -0.1) is 0 Å². The van der Waals surface area contributed by atoms with Crippen LogP contribution in [0.3, 0.4) is 0 Å². The van der Waals surface area contributed by atoms with Crippen LogP contribution in [0.25, 0.3) is 0 Å². The van der Waals surface area contributed by atoms with Gasteiger partial charge in [-0.2, -0.15) is 5.10 Å². The minimum atomic E-state index is -0.340. The van der Waals surface area contributed by atoms with Crippen LogP contribution in [0.4, 0.5) is 0 Å². The van der Waals surface area contributed by atoms with Crippen molar-refractivity contribution in [2.24, 2.45) is 5.10 Å². The van der Waals surface area contributed by atoms with E-state index in [-0.39, 0.29) is 11.7 Å². The maximum Gasteiger partial charge on any atom is 0.271 e. The van der Waals surface area contributed by atoms with Gasteiger partial charge in [0, 0.05) is 5.56 Å². The van der Waals surface area contributed by atoms with Crippen LogP contribution in [-0.2, 0) is 0 Å². The van der Waals surface area contributed by atoms with Crippen LogP contribution in [0.15, 0.2) is 71.8 Å². The Labute approximate surface area is 183 Å². The zero-order valence-corrected chi connectivity index (χ0v) is 18.2. The van der Waals surface area contributed by atoms with Crippen LogP contribution in [0.5, 0.6) is 17.2 Å². The van der Waals surface area contributed by atoms with E-state index in [4.69, 9.17) is 4.74 Å². The molecule has 0 heterocycles. The van der Waals surface area contributed by atoms with Crippen molar-refractivity contribution in [1.82, 2.24) is 5.43 Å². The number of nitrogens with one attached hydrogen (secondary N) is 1. The minimum absolute atomic E-state index is 0.243. The second-order valence-corrected chi connectivity index (χ2v) is 7.80. The van der Waals surface area contributed by atoms with Crippen LogP contribution in [0.2, 0.25) is 0 Å². The summed E-state index contributed by atoms with van der Waals surface area (Å²) < 4.78 is 7.18. The Hall–Kier alpha value is -2.14. The van der Waals surface area contributed by atoms with E-state index in [0.29, 0.717) is 17.1 Å². The second kappa shape index (κ2) is 9.18. The highest BCUT2D eigenvalue weighted by Gasteiger charge is 2.07. The molecule has 0 saturated heterocycles. The van der Waals surface area contributed by atoms with E-state index >= 15 is 0 Å². The van der Waals surface area contributed by atoms with Gasteiger partial charge in [-0.25, -0.2) is 5.43 Å². The van der Waals surface area contributed by atoms with Gasteiger partial charge in [0.15, 0.2) is 0 Å². The van der Waals surface area contributed by atoms with Crippen molar-refractivity contribution in [3.05, 3.63) is 85.0 Å². The first-order valence-electron chi connectivity index (χ1n) is 7.87. The Morgan fingerprint density at radius 3 is 2.33 bits per heavy atom. The van der Waals surface area contributed by atoms with Gasteiger partial charge in [0.05, 0.1) is 13.4 Å². The third-order valence-electron chi connectivity index (χ3n) is 3.49. The number of phenolic OH excluding ortho intramolecular Hbond substituents is 1. The maximum absolute atomic E-state index is 12.3. The number of hydrogen-bond donors (Lipinski definition) is 2. The zero-order chi connectivity index (χ0) is 19.2. The van der Waals surface area contributed by atoms with E-state index in [1.54, 1.807) is 36.4 Å². The molecule has 0 bridgehead atoms. The van der Waals surface area contributed by atoms with Gasteiger partial charge < -0.3 is 9.84 Å². The van der Waals surface area contributed by atoms with Gasteiger partial charge in [-0.05, 0) is 93.2 Å². The molecule has 3 rings (SSSR count). The van der Waals surface area contributed by atoms with Gasteiger partial charge in [0.1, 0.15) is 17.2 Å². The number of carbonyl (C=O) groups excluding carboxylic acids is 1. The first-order chi connectivity index (χ1) is 13.0. The Bertz CT molecular complexity index is 969. The molecule has 136 valence electrons. The largest absolute Gasteiger partial charge is 0.506 e. The standard InChI is InChI=1S/C20H14I2N2O3/c21-17-9-13(10-18(22)19(17)25)12-23-24-20(26)14-5-4-8-16(11-14)27-15-6-2-1-3-7-15/h1-12,25H,(H,24,26)/b23-12+. The first kappa shape index (κ1) is 19.6. The number of ether oxygens (including phenoxy) is 1. The van der Waals surface area contributed by atoms with Crippen LogP contribution in [-0.4, -0.2) is 17.2 Å². The summed E-state index contributed by atoms with van der Waals surface area (Å²) in [5.41, 5.74) is 3.72. The number of amides is 1. The van der Waals surface area contributed by atoms with Crippen LogP contribution >= 0.6 is 45.2 Å². The number of hydrogen-bond acceptors (Lipinski definition) is 4. The molecule has 0 radical (unpaired) electrons. The monoisotopic (exact) mass is 584 g/mol. The summed E-state index contributed by atoms with van der Waals surface area (Å²) in [7, 11) is 0. The van der Waals surface area contributed by atoms with Gasteiger partial charge in [0.2, 0.25) is 0 Å². The number of aromatic hydroxyl groups is 1. The molecule has 0 atom stereocenters. The molecule has 0 spiro atoms. The average molecular weight is 584 g/mol. The summed E-state index contributed by atoms with van der Waals surface area (Å²) >= 11 is 4.09. The van der Waals surface area contributed by atoms with E-state index in [1.165, 1.54) is 6.21 Å². The lowest BCUT2D eigenvalue weighted by atomic mass is 10.2. The van der Waals surface area contributed by atoms with Crippen molar-refractivity contribution >= 4 is 57.3 Å². The fourth-order valence-corrected chi connectivity index (χ4v) is 4.03. The SMILES string of the molecule is O=C(N/N=C/c1cc(I)c(O)c(I)c1)c1cccc(Oc2ccccc2)c1. The van der Waals surface area contributed by atoms with Gasteiger partial charge in [-0.1, -0.05) is 24.3 Å². The normalized spacial score (nSPS) is 10.7. The molecule has 0 unspecified atom stereocenters. The molecule has 0 aromatic heterocycles. The predicted molar refractivity (Wildman–Crippen MR) is 122 cm³/mol. The fourth-order valence-electron chi connectivity index (χ4n) is 2.22. The molecular formula is C20H14I2N2O3. The van der Waals surface area contributed by atoms with Crippen molar-refractivity contribution in [1.29, 1.82) is 0 Å². The summed E-state index contributed by atoms with van der Waals surface area (Å²) in [5, 5.41) is 13.8. The van der Waals surface area contributed by atoms with E-state index < -0.39 is 0 Å². The molecule has 3 aromatic carbocycles. The topological polar surface area (TPSA) is 70.9 Å². The molecule has 0 saturated carbocycles. The molecule has 5 nitrogen and oxygen atoms in total. The van der Waals surface area contributed by atoms with Gasteiger partial charge >= 0.3 is 0 Å². The Kier molecular flexibility index (Phi) is 6.67. The van der Waals surface area contributed by atoms with Crippen molar-refractivity contribution in [2.75, 3.05) is 0 Å². The molecule has 7 heteroatoms.